The average molecular weight is 904 g/mol. The zero-order valence-electron chi connectivity index (χ0n) is 40.0. The quantitative estimate of drug-likeness (QED) is 0.0470. The molecule has 1 aliphatic carbocycles. The van der Waals surface area contributed by atoms with Crippen molar-refractivity contribution in [3.63, 3.8) is 0 Å². The molecular weight excluding hydrogens is 839 g/mol. The maximum absolute atomic E-state index is 8.95. The summed E-state index contributed by atoms with van der Waals surface area (Å²) in [4.78, 5) is 2.14. The number of aryl methyl sites for hydroxylation is 3. The van der Waals surface area contributed by atoms with Crippen molar-refractivity contribution in [2.75, 3.05) is 105 Å². The fourth-order valence-electron chi connectivity index (χ4n) is 9.71. The summed E-state index contributed by atoms with van der Waals surface area (Å²) < 4.78 is 40.1. The van der Waals surface area contributed by atoms with E-state index in [4.69, 9.17) is 38.3 Å². The number of nitrogens with zero attached hydrogens (tertiary/aromatic N) is 1. The van der Waals surface area contributed by atoms with Crippen LogP contribution in [0.5, 0.6) is 5.75 Å². The second kappa shape index (κ2) is 22.5. The van der Waals surface area contributed by atoms with Crippen LogP contribution >= 0.6 is 0 Å². The van der Waals surface area contributed by atoms with Crippen LogP contribution in [0.15, 0.2) is 121 Å². The lowest BCUT2D eigenvalue weighted by atomic mass is 9.66. The molecule has 9 nitrogen and oxygen atoms in total. The molecule has 0 bridgehead atoms. The molecule has 0 spiro atoms. The average Bonchev–Trinajstić information content (AvgIpc) is 3.62. The maximum Gasteiger partial charge on any atom is 0.142 e. The Labute approximate surface area is 396 Å². The van der Waals surface area contributed by atoms with Gasteiger partial charge in [-0.1, -0.05) is 109 Å². The Kier molecular flexibility index (Phi) is 16.0. The molecule has 1 unspecified atom stereocenters. The van der Waals surface area contributed by atoms with Gasteiger partial charge in [0, 0.05) is 21.2 Å². The van der Waals surface area contributed by atoms with Crippen molar-refractivity contribution in [3.05, 3.63) is 166 Å². The molecule has 1 atom stereocenters. The van der Waals surface area contributed by atoms with E-state index in [1.807, 2.05) is 0 Å². The molecule has 7 aromatic carbocycles. The van der Waals surface area contributed by atoms with Gasteiger partial charge in [0.1, 0.15) is 12.4 Å². The van der Waals surface area contributed by atoms with Crippen LogP contribution in [0.1, 0.15) is 44.5 Å². The van der Waals surface area contributed by atoms with Crippen LogP contribution < -0.4 is 9.64 Å². The Morgan fingerprint density at radius 2 is 1.07 bits per heavy atom. The molecule has 0 aromatic heterocycles. The summed E-state index contributed by atoms with van der Waals surface area (Å²) in [6, 6.07) is 45.4. The molecule has 0 fully saturated rings. The van der Waals surface area contributed by atoms with Gasteiger partial charge in [-0.15, -0.1) is 0 Å². The number of ether oxygens (including phenoxy) is 7. The summed E-state index contributed by atoms with van der Waals surface area (Å²) in [6.07, 6.45) is 0. The lowest BCUT2D eigenvalue weighted by Crippen LogP contribution is -2.29. The van der Waals surface area contributed by atoms with Gasteiger partial charge in [-0.25, -0.2) is 0 Å². The van der Waals surface area contributed by atoms with Gasteiger partial charge in [0.25, 0.3) is 0 Å². The van der Waals surface area contributed by atoms with Crippen molar-refractivity contribution >= 4 is 27.2 Å². The van der Waals surface area contributed by atoms with Crippen LogP contribution in [-0.4, -0.2) is 106 Å². The summed E-state index contributed by atoms with van der Waals surface area (Å²) in [5, 5.41) is 14.0. The zero-order valence-corrected chi connectivity index (χ0v) is 40.0. The standard InChI is InChI=1S/C58H65NO8/c1-40-15-20-49-50-21-17-43(57-51-13-9-7-11-47(51)42(3)48-12-8-10-14-52(48)57)37-54(50)58(53(49)35-40,45-18-16-44(41(2)36-45)39-66-32-31-64-28-27-62-24-23-60)46-19-22-56(55(38-46)59(4)5)67-34-33-65-30-29-63-26-25-61-6/h7-22,35-38,60H,23-34,39H2,1-6H3. The van der Waals surface area contributed by atoms with E-state index in [0.29, 0.717) is 79.3 Å². The minimum Gasteiger partial charge on any atom is -0.489 e. The van der Waals surface area contributed by atoms with Crippen molar-refractivity contribution in [1.82, 2.24) is 0 Å². The highest BCUT2D eigenvalue weighted by Gasteiger charge is 2.47. The Bertz CT molecular complexity index is 2730. The van der Waals surface area contributed by atoms with Crippen LogP contribution in [0.2, 0.25) is 0 Å². The normalized spacial score (nSPS) is 14.2. The van der Waals surface area contributed by atoms with Crippen molar-refractivity contribution in [2.24, 2.45) is 0 Å². The Morgan fingerprint density at radius 1 is 0.522 bits per heavy atom. The molecule has 0 heterocycles. The lowest BCUT2D eigenvalue weighted by Gasteiger charge is -2.36. The van der Waals surface area contributed by atoms with E-state index in [1.165, 1.54) is 71.6 Å². The first-order chi connectivity index (χ1) is 32.8. The zero-order chi connectivity index (χ0) is 46.8. The van der Waals surface area contributed by atoms with Crippen molar-refractivity contribution in [2.45, 2.75) is 32.8 Å². The molecule has 0 saturated heterocycles. The summed E-state index contributed by atoms with van der Waals surface area (Å²) >= 11 is 0. The van der Waals surface area contributed by atoms with E-state index in [-0.39, 0.29) is 6.61 Å². The molecule has 8 rings (SSSR count). The highest BCUT2D eigenvalue weighted by Crippen LogP contribution is 2.58. The van der Waals surface area contributed by atoms with E-state index in [0.717, 1.165) is 28.1 Å². The number of benzene rings is 7. The molecular formula is C58H65NO8. The largest absolute Gasteiger partial charge is 0.489 e. The topological polar surface area (TPSA) is 88.1 Å². The maximum atomic E-state index is 8.95. The van der Waals surface area contributed by atoms with Gasteiger partial charge in [0.05, 0.1) is 90.4 Å². The van der Waals surface area contributed by atoms with Crippen molar-refractivity contribution < 1.29 is 38.3 Å². The van der Waals surface area contributed by atoms with E-state index < -0.39 is 5.41 Å². The van der Waals surface area contributed by atoms with Crippen LogP contribution in [0.25, 0.3) is 43.8 Å². The summed E-state index contributed by atoms with van der Waals surface area (Å²) in [5.41, 5.74) is 14.8. The minimum absolute atomic E-state index is 0.00690. The second-order valence-electron chi connectivity index (χ2n) is 17.4. The summed E-state index contributed by atoms with van der Waals surface area (Å²) in [7, 11) is 5.82. The Balaban J connectivity index is 1.23. The molecule has 350 valence electrons. The van der Waals surface area contributed by atoms with E-state index in [2.05, 4.69) is 161 Å². The molecule has 0 saturated carbocycles. The number of anilines is 1. The fourth-order valence-corrected chi connectivity index (χ4v) is 9.71. The number of rotatable bonds is 24. The number of hydrogen-bond acceptors (Lipinski definition) is 9. The minimum atomic E-state index is -0.700. The predicted octanol–water partition coefficient (Wildman–Crippen LogP) is 10.6. The lowest BCUT2D eigenvalue weighted by molar-refractivity contribution is 0.00444. The first-order valence-electron chi connectivity index (χ1n) is 23.5. The SMILES string of the molecule is COCCOCCOCCOc1ccc(C2(c3ccc(COCCOCCOCCO)c(C)c3)c3cc(C)ccc3-c3ccc(-c4c5ccccc5c(C)c5ccccc45)cc32)cc1N(C)C. The first kappa shape index (κ1) is 47.9. The van der Waals surface area contributed by atoms with E-state index >= 15 is 0 Å². The van der Waals surface area contributed by atoms with Crippen LogP contribution in [-0.2, 0) is 40.4 Å². The molecule has 9 heteroatoms. The Morgan fingerprint density at radius 3 is 1.70 bits per heavy atom. The van der Waals surface area contributed by atoms with Crippen molar-refractivity contribution in [1.29, 1.82) is 0 Å². The summed E-state index contributed by atoms with van der Waals surface area (Å²) in [6.45, 7) is 12.2. The van der Waals surface area contributed by atoms with Gasteiger partial charge in [0.2, 0.25) is 0 Å². The molecule has 1 aliphatic rings. The fraction of sp³-hybridized carbons (Fsp3) is 0.345. The smallest absolute Gasteiger partial charge is 0.142 e. The number of aliphatic hydroxyl groups excluding tert-OH is 1. The van der Waals surface area contributed by atoms with E-state index in [9.17, 15) is 0 Å². The molecule has 0 radical (unpaired) electrons. The molecule has 67 heavy (non-hydrogen) atoms. The van der Waals surface area contributed by atoms with Gasteiger partial charge in [0.15, 0.2) is 0 Å². The summed E-state index contributed by atoms with van der Waals surface area (Å²) in [5.74, 6) is 0.795. The number of fused-ring (bicyclic) bond motifs is 5. The van der Waals surface area contributed by atoms with Gasteiger partial charge in [-0.05, 0) is 122 Å². The van der Waals surface area contributed by atoms with Crippen LogP contribution in [0, 0.1) is 20.8 Å². The van der Waals surface area contributed by atoms with Crippen LogP contribution in [0.4, 0.5) is 5.69 Å². The van der Waals surface area contributed by atoms with Gasteiger partial charge >= 0.3 is 0 Å². The third kappa shape index (κ3) is 10.2. The molecule has 1 N–H and O–H groups in total. The molecule has 0 amide bonds. The second-order valence-corrected chi connectivity index (χ2v) is 17.4. The molecule has 7 aromatic rings. The Hall–Kier alpha value is -5.62. The highest BCUT2D eigenvalue weighted by molar-refractivity contribution is 6.15. The third-order valence-electron chi connectivity index (χ3n) is 13.0. The van der Waals surface area contributed by atoms with Gasteiger partial charge in [-0.3, -0.25) is 0 Å². The highest BCUT2D eigenvalue weighted by atomic mass is 16.6. The van der Waals surface area contributed by atoms with Gasteiger partial charge in [-0.2, -0.15) is 0 Å². The van der Waals surface area contributed by atoms with Gasteiger partial charge < -0.3 is 43.2 Å². The third-order valence-corrected chi connectivity index (χ3v) is 13.0. The number of hydrogen-bond donors (Lipinski definition) is 1. The first-order valence-corrected chi connectivity index (χ1v) is 23.5. The van der Waals surface area contributed by atoms with E-state index in [1.54, 1.807) is 7.11 Å². The predicted molar refractivity (Wildman–Crippen MR) is 270 cm³/mol. The monoisotopic (exact) mass is 903 g/mol. The van der Waals surface area contributed by atoms with Crippen LogP contribution in [0.3, 0.4) is 0 Å². The number of methoxy groups -OCH3 is 1. The van der Waals surface area contributed by atoms with Crippen molar-refractivity contribution in [3.8, 4) is 28.0 Å². The number of aliphatic hydroxyl groups is 1. The molecule has 0 aliphatic heterocycles.